The Bertz CT molecular complexity index is 585. The van der Waals surface area contributed by atoms with Crippen molar-refractivity contribution in [1.29, 1.82) is 0 Å². The largest absolute Gasteiger partial charge is 0.497 e. The SMILES string of the molecule is COC(=O)c1cnc(Cc2cc(OC)cc(OC)c2)[nH]1. The van der Waals surface area contributed by atoms with E-state index in [1.165, 1.54) is 13.3 Å². The number of aromatic amines is 1. The number of nitrogens with zero attached hydrogens (tertiary/aromatic N) is 1. The van der Waals surface area contributed by atoms with Gasteiger partial charge < -0.3 is 19.2 Å². The van der Waals surface area contributed by atoms with E-state index in [0.717, 1.165) is 5.56 Å². The Morgan fingerprint density at radius 1 is 1.15 bits per heavy atom. The maximum Gasteiger partial charge on any atom is 0.356 e. The highest BCUT2D eigenvalue weighted by Crippen LogP contribution is 2.23. The van der Waals surface area contributed by atoms with E-state index >= 15 is 0 Å². The predicted molar refractivity (Wildman–Crippen MR) is 72.3 cm³/mol. The lowest BCUT2D eigenvalue weighted by molar-refractivity contribution is 0.0594. The van der Waals surface area contributed by atoms with Crippen LogP contribution in [0.15, 0.2) is 24.4 Å². The third-order valence-corrected chi connectivity index (χ3v) is 2.82. The lowest BCUT2D eigenvalue weighted by Gasteiger charge is -2.07. The summed E-state index contributed by atoms with van der Waals surface area (Å²) in [4.78, 5) is 18.4. The normalized spacial score (nSPS) is 10.2. The van der Waals surface area contributed by atoms with Crippen molar-refractivity contribution >= 4 is 5.97 Å². The summed E-state index contributed by atoms with van der Waals surface area (Å²) in [5.74, 6) is 1.64. The molecule has 0 saturated carbocycles. The fraction of sp³-hybridized carbons (Fsp3) is 0.286. The number of carbonyl (C=O) groups excluding carboxylic acids is 1. The van der Waals surface area contributed by atoms with Crippen LogP contribution >= 0.6 is 0 Å². The molecule has 0 fully saturated rings. The molecule has 106 valence electrons. The summed E-state index contributed by atoms with van der Waals surface area (Å²) >= 11 is 0. The molecular formula is C14H16N2O4. The Balaban J connectivity index is 2.21. The molecule has 0 aliphatic carbocycles. The number of imidazole rings is 1. The van der Waals surface area contributed by atoms with Gasteiger partial charge in [0.1, 0.15) is 23.0 Å². The van der Waals surface area contributed by atoms with Crippen LogP contribution in [0.1, 0.15) is 21.9 Å². The van der Waals surface area contributed by atoms with Gasteiger partial charge in [-0.05, 0) is 17.7 Å². The van der Waals surface area contributed by atoms with Gasteiger partial charge in [-0.1, -0.05) is 0 Å². The second kappa shape index (κ2) is 6.10. The molecule has 1 aromatic heterocycles. The summed E-state index contributed by atoms with van der Waals surface area (Å²) in [6.45, 7) is 0. The Labute approximate surface area is 116 Å². The average Bonchev–Trinajstić information content (AvgIpc) is 2.94. The lowest BCUT2D eigenvalue weighted by Crippen LogP contribution is -2.01. The molecule has 0 atom stereocenters. The first-order chi connectivity index (χ1) is 9.66. The van der Waals surface area contributed by atoms with Crippen molar-refractivity contribution in [1.82, 2.24) is 9.97 Å². The second-order valence-corrected chi connectivity index (χ2v) is 4.13. The smallest absolute Gasteiger partial charge is 0.356 e. The van der Waals surface area contributed by atoms with Crippen LogP contribution in [-0.4, -0.2) is 37.3 Å². The number of H-pyrrole nitrogens is 1. The molecule has 0 radical (unpaired) electrons. The molecular weight excluding hydrogens is 260 g/mol. The molecule has 0 bridgehead atoms. The van der Waals surface area contributed by atoms with E-state index in [1.54, 1.807) is 20.3 Å². The van der Waals surface area contributed by atoms with E-state index in [-0.39, 0.29) is 0 Å². The summed E-state index contributed by atoms with van der Waals surface area (Å²) in [6.07, 6.45) is 1.99. The first-order valence-electron chi connectivity index (χ1n) is 6.00. The number of esters is 1. The van der Waals surface area contributed by atoms with Gasteiger partial charge in [0.15, 0.2) is 0 Å². The zero-order chi connectivity index (χ0) is 14.5. The summed E-state index contributed by atoms with van der Waals surface area (Å²) in [6, 6.07) is 5.58. The quantitative estimate of drug-likeness (QED) is 0.843. The zero-order valence-electron chi connectivity index (χ0n) is 11.6. The van der Waals surface area contributed by atoms with Crippen molar-refractivity contribution in [2.45, 2.75) is 6.42 Å². The van der Waals surface area contributed by atoms with Crippen LogP contribution in [0.3, 0.4) is 0 Å². The minimum atomic E-state index is -0.438. The highest BCUT2D eigenvalue weighted by atomic mass is 16.5. The topological polar surface area (TPSA) is 73.4 Å². The number of carbonyl (C=O) groups is 1. The first-order valence-corrected chi connectivity index (χ1v) is 6.00. The minimum Gasteiger partial charge on any atom is -0.497 e. The summed E-state index contributed by atoms with van der Waals surface area (Å²) in [5.41, 5.74) is 1.30. The molecule has 1 N–H and O–H groups in total. The maximum absolute atomic E-state index is 11.3. The number of hydrogen-bond acceptors (Lipinski definition) is 5. The highest BCUT2D eigenvalue weighted by Gasteiger charge is 2.10. The Hall–Kier alpha value is -2.50. The zero-order valence-corrected chi connectivity index (χ0v) is 11.6. The molecule has 20 heavy (non-hydrogen) atoms. The van der Waals surface area contributed by atoms with E-state index in [0.29, 0.717) is 29.4 Å². The van der Waals surface area contributed by atoms with Crippen LogP contribution in [0.25, 0.3) is 0 Å². The lowest BCUT2D eigenvalue weighted by atomic mass is 10.1. The second-order valence-electron chi connectivity index (χ2n) is 4.13. The Morgan fingerprint density at radius 2 is 1.80 bits per heavy atom. The fourth-order valence-corrected chi connectivity index (χ4v) is 1.83. The van der Waals surface area contributed by atoms with E-state index in [2.05, 4.69) is 14.7 Å². The third kappa shape index (κ3) is 3.09. The first kappa shape index (κ1) is 13.9. The van der Waals surface area contributed by atoms with Gasteiger partial charge in [0, 0.05) is 12.5 Å². The number of methoxy groups -OCH3 is 3. The summed E-state index contributed by atoms with van der Waals surface area (Å²) < 4.78 is 15.0. The molecule has 0 amide bonds. The number of nitrogens with one attached hydrogen (secondary N) is 1. The number of hydrogen-bond donors (Lipinski definition) is 1. The Kier molecular flexibility index (Phi) is 4.24. The van der Waals surface area contributed by atoms with Gasteiger partial charge in [-0.3, -0.25) is 0 Å². The fourth-order valence-electron chi connectivity index (χ4n) is 1.83. The summed E-state index contributed by atoms with van der Waals surface area (Å²) in [5, 5.41) is 0. The van der Waals surface area contributed by atoms with Crippen LogP contribution < -0.4 is 9.47 Å². The number of benzene rings is 1. The Morgan fingerprint density at radius 3 is 2.35 bits per heavy atom. The number of aromatic nitrogens is 2. The van der Waals surface area contributed by atoms with E-state index in [1.807, 2.05) is 12.1 Å². The molecule has 2 aromatic rings. The molecule has 1 aromatic carbocycles. The minimum absolute atomic E-state index is 0.331. The molecule has 2 rings (SSSR count). The standard InChI is InChI=1S/C14H16N2O4/c1-18-10-4-9(5-11(7-10)19-2)6-13-15-8-12(16-13)14(17)20-3/h4-5,7-8H,6H2,1-3H3,(H,15,16). The average molecular weight is 276 g/mol. The van der Waals surface area contributed by atoms with Crippen molar-refractivity contribution in [3.8, 4) is 11.5 Å². The van der Waals surface area contributed by atoms with Gasteiger partial charge in [0.2, 0.25) is 0 Å². The number of ether oxygens (including phenoxy) is 3. The third-order valence-electron chi connectivity index (χ3n) is 2.82. The maximum atomic E-state index is 11.3. The van der Waals surface area contributed by atoms with Crippen molar-refractivity contribution in [3.63, 3.8) is 0 Å². The van der Waals surface area contributed by atoms with Gasteiger partial charge in [-0.15, -0.1) is 0 Å². The van der Waals surface area contributed by atoms with Crippen molar-refractivity contribution < 1.29 is 19.0 Å². The molecule has 6 heteroatoms. The van der Waals surface area contributed by atoms with Crippen molar-refractivity contribution in [2.24, 2.45) is 0 Å². The monoisotopic (exact) mass is 276 g/mol. The van der Waals surface area contributed by atoms with E-state index in [9.17, 15) is 4.79 Å². The highest BCUT2D eigenvalue weighted by molar-refractivity contribution is 5.86. The molecule has 0 aliphatic rings. The molecule has 0 aliphatic heterocycles. The molecule has 6 nitrogen and oxygen atoms in total. The molecule has 0 spiro atoms. The van der Waals surface area contributed by atoms with Gasteiger partial charge in [0.25, 0.3) is 0 Å². The van der Waals surface area contributed by atoms with E-state index in [4.69, 9.17) is 9.47 Å². The summed E-state index contributed by atoms with van der Waals surface area (Å²) in [7, 11) is 4.53. The van der Waals surface area contributed by atoms with Crippen LogP contribution in [-0.2, 0) is 11.2 Å². The van der Waals surface area contributed by atoms with Crippen molar-refractivity contribution in [2.75, 3.05) is 21.3 Å². The van der Waals surface area contributed by atoms with Gasteiger partial charge >= 0.3 is 5.97 Å². The predicted octanol–water partition coefficient (Wildman–Crippen LogP) is 1.80. The number of rotatable bonds is 5. The van der Waals surface area contributed by atoms with Gasteiger partial charge in [-0.25, -0.2) is 9.78 Å². The van der Waals surface area contributed by atoms with Gasteiger partial charge in [0.05, 0.1) is 27.5 Å². The van der Waals surface area contributed by atoms with Crippen LogP contribution in [0.2, 0.25) is 0 Å². The van der Waals surface area contributed by atoms with Gasteiger partial charge in [-0.2, -0.15) is 0 Å². The molecule has 0 saturated heterocycles. The molecule has 0 unspecified atom stereocenters. The van der Waals surface area contributed by atoms with E-state index < -0.39 is 5.97 Å². The molecule has 1 heterocycles. The van der Waals surface area contributed by atoms with Crippen LogP contribution in [0, 0.1) is 0 Å². The van der Waals surface area contributed by atoms with Crippen LogP contribution in [0.4, 0.5) is 0 Å². The van der Waals surface area contributed by atoms with Crippen molar-refractivity contribution in [3.05, 3.63) is 41.5 Å². The van der Waals surface area contributed by atoms with Crippen LogP contribution in [0.5, 0.6) is 11.5 Å².